The molecule has 0 atom stereocenters. The Morgan fingerprint density at radius 2 is 1.75 bits per heavy atom. The van der Waals surface area contributed by atoms with Crippen molar-refractivity contribution in [1.82, 2.24) is 10.3 Å². The van der Waals surface area contributed by atoms with Crippen molar-refractivity contribution in [3.8, 4) is 0 Å². The Bertz CT molecular complexity index is 382. The topological polar surface area (TPSA) is 28.2 Å². The zero-order valence-corrected chi connectivity index (χ0v) is 13.9. The summed E-state index contributed by atoms with van der Waals surface area (Å²) in [6.45, 7) is 15.1. The number of anilines is 1. The van der Waals surface area contributed by atoms with Gasteiger partial charge in [-0.2, -0.15) is 0 Å². The van der Waals surface area contributed by atoms with Crippen LogP contribution in [0.1, 0.15) is 64.6 Å². The molecule has 114 valence electrons. The van der Waals surface area contributed by atoms with Gasteiger partial charge in [0.15, 0.2) is 0 Å². The average Bonchev–Trinajstić information content (AvgIpc) is 2.44. The molecule has 0 spiro atoms. The van der Waals surface area contributed by atoms with Gasteiger partial charge >= 0.3 is 0 Å². The quantitative estimate of drug-likeness (QED) is 0.741. The van der Waals surface area contributed by atoms with Gasteiger partial charge in [-0.3, -0.25) is 0 Å². The third-order valence-electron chi connectivity index (χ3n) is 3.37. The van der Waals surface area contributed by atoms with Crippen molar-refractivity contribution in [2.75, 3.05) is 24.5 Å². The predicted octanol–water partition coefficient (Wildman–Crippen LogP) is 3.94. The number of nitrogens with zero attached hydrogens (tertiary/aromatic N) is 2. The number of pyridine rings is 1. The molecule has 3 nitrogen and oxygen atoms in total. The van der Waals surface area contributed by atoms with Gasteiger partial charge in [-0.1, -0.05) is 34.6 Å². The minimum Gasteiger partial charge on any atom is -0.357 e. The summed E-state index contributed by atoms with van der Waals surface area (Å²) < 4.78 is 0. The highest BCUT2D eigenvalue weighted by atomic mass is 15.2. The molecule has 1 N–H and O–H groups in total. The summed E-state index contributed by atoms with van der Waals surface area (Å²) in [6.07, 6.45) is 2.33. The molecule has 0 saturated heterocycles. The first kappa shape index (κ1) is 17.0. The molecule has 0 unspecified atom stereocenters. The van der Waals surface area contributed by atoms with Gasteiger partial charge in [0.05, 0.1) is 0 Å². The van der Waals surface area contributed by atoms with Gasteiger partial charge in [0, 0.05) is 25.3 Å². The summed E-state index contributed by atoms with van der Waals surface area (Å²) >= 11 is 0. The van der Waals surface area contributed by atoms with E-state index >= 15 is 0 Å². The van der Waals surface area contributed by atoms with Crippen LogP contribution in [0, 0.1) is 0 Å². The molecule has 0 bridgehead atoms. The van der Waals surface area contributed by atoms with Gasteiger partial charge in [-0.15, -0.1) is 0 Å². The highest BCUT2D eigenvalue weighted by molar-refractivity contribution is 5.43. The Hall–Kier alpha value is -1.09. The average molecular weight is 277 g/mol. The van der Waals surface area contributed by atoms with Crippen LogP contribution in [0.3, 0.4) is 0 Å². The van der Waals surface area contributed by atoms with E-state index in [2.05, 4.69) is 57.0 Å². The van der Waals surface area contributed by atoms with E-state index in [1.54, 1.807) is 0 Å². The lowest BCUT2D eigenvalue weighted by Crippen LogP contribution is -2.26. The van der Waals surface area contributed by atoms with Crippen molar-refractivity contribution in [3.05, 3.63) is 23.4 Å². The zero-order chi connectivity index (χ0) is 15.0. The van der Waals surface area contributed by atoms with Crippen LogP contribution in [0.25, 0.3) is 0 Å². The van der Waals surface area contributed by atoms with E-state index in [9.17, 15) is 0 Å². The molecular formula is C17H31N3. The summed E-state index contributed by atoms with van der Waals surface area (Å²) in [4.78, 5) is 7.29. The molecule has 0 fully saturated rings. The molecule has 0 aliphatic heterocycles. The maximum absolute atomic E-state index is 4.88. The molecule has 3 heteroatoms. The summed E-state index contributed by atoms with van der Waals surface area (Å²) in [5, 5.41) is 3.41. The van der Waals surface area contributed by atoms with Crippen LogP contribution in [-0.2, 0) is 6.54 Å². The zero-order valence-electron chi connectivity index (χ0n) is 13.9. The van der Waals surface area contributed by atoms with Crippen LogP contribution in [0.2, 0.25) is 0 Å². The number of aromatic nitrogens is 1. The first-order chi connectivity index (χ1) is 9.62. The van der Waals surface area contributed by atoms with Crippen LogP contribution in [0.5, 0.6) is 0 Å². The van der Waals surface area contributed by atoms with E-state index in [1.165, 1.54) is 11.3 Å². The summed E-state index contributed by atoms with van der Waals surface area (Å²) in [5.41, 5.74) is 2.55. The lowest BCUT2D eigenvalue weighted by Gasteiger charge is -2.24. The maximum atomic E-state index is 4.88. The molecule has 20 heavy (non-hydrogen) atoms. The molecule has 0 aliphatic rings. The molecule has 1 heterocycles. The van der Waals surface area contributed by atoms with Crippen LogP contribution >= 0.6 is 0 Å². The van der Waals surface area contributed by atoms with Crippen molar-refractivity contribution in [2.45, 2.75) is 59.9 Å². The lowest BCUT2D eigenvalue weighted by atomic mass is 10.1. The van der Waals surface area contributed by atoms with E-state index < -0.39 is 0 Å². The fourth-order valence-corrected chi connectivity index (χ4v) is 2.30. The standard InChI is InChI=1S/C17H31N3/c1-6-9-20(10-7-2)17-12-15(13-18-8-3)11-16(19-17)14(4)5/h11-12,14,18H,6-10,13H2,1-5H3. The number of nitrogens with one attached hydrogen (secondary N) is 1. The Morgan fingerprint density at radius 1 is 1.10 bits per heavy atom. The Balaban J connectivity index is 3.04. The first-order valence-corrected chi connectivity index (χ1v) is 8.08. The Labute approximate surface area is 124 Å². The summed E-state index contributed by atoms with van der Waals surface area (Å²) in [7, 11) is 0. The molecule has 0 radical (unpaired) electrons. The van der Waals surface area contributed by atoms with Crippen LogP contribution in [0.4, 0.5) is 5.82 Å². The molecule has 0 aromatic carbocycles. The van der Waals surface area contributed by atoms with Gasteiger partial charge in [0.2, 0.25) is 0 Å². The highest BCUT2D eigenvalue weighted by Crippen LogP contribution is 2.21. The molecule has 0 amide bonds. The second-order valence-corrected chi connectivity index (χ2v) is 5.68. The molecule has 0 saturated carbocycles. The van der Waals surface area contributed by atoms with Crippen LogP contribution in [-0.4, -0.2) is 24.6 Å². The van der Waals surface area contributed by atoms with Crippen LogP contribution in [0.15, 0.2) is 12.1 Å². The van der Waals surface area contributed by atoms with Crippen molar-refractivity contribution < 1.29 is 0 Å². The third-order valence-corrected chi connectivity index (χ3v) is 3.37. The van der Waals surface area contributed by atoms with Gasteiger partial charge in [0.1, 0.15) is 5.82 Å². The third kappa shape index (κ3) is 5.12. The fourth-order valence-electron chi connectivity index (χ4n) is 2.30. The molecule has 1 aromatic rings. The van der Waals surface area contributed by atoms with E-state index in [-0.39, 0.29) is 0 Å². The molecule has 0 aliphatic carbocycles. The van der Waals surface area contributed by atoms with Gasteiger partial charge in [0.25, 0.3) is 0 Å². The van der Waals surface area contributed by atoms with Crippen molar-refractivity contribution in [2.24, 2.45) is 0 Å². The highest BCUT2D eigenvalue weighted by Gasteiger charge is 2.11. The van der Waals surface area contributed by atoms with Crippen molar-refractivity contribution in [1.29, 1.82) is 0 Å². The number of hydrogen-bond donors (Lipinski definition) is 1. The largest absolute Gasteiger partial charge is 0.357 e. The minimum absolute atomic E-state index is 0.473. The molecule has 1 aromatic heterocycles. The van der Waals surface area contributed by atoms with Gasteiger partial charge in [-0.05, 0) is 43.0 Å². The monoisotopic (exact) mass is 277 g/mol. The summed E-state index contributed by atoms with van der Waals surface area (Å²) in [5.74, 6) is 1.62. The van der Waals surface area contributed by atoms with Crippen molar-refractivity contribution >= 4 is 5.82 Å². The van der Waals surface area contributed by atoms with Crippen LogP contribution < -0.4 is 10.2 Å². The smallest absolute Gasteiger partial charge is 0.129 e. The van der Waals surface area contributed by atoms with Gasteiger partial charge < -0.3 is 10.2 Å². The minimum atomic E-state index is 0.473. The predicted molar refractivity (Wildman–Crippen MR) is 88.5 cm³/mol. The van der Waals surface area contributed by atoms with E-state index in [4.69, 9.17) is 4.98 Å². The van der Waals surface area contributed by atoms with Gasteiger partial charge in [-0.25, -0.2) is 4.98 Å². The lowest BCUT2D eigenvalue weighted by molar-refractivity contribution is 0.705. The van der Waals surface area contributed by atoms with E-state index in [0.29, 0.717) is 5.92 Å². The summed E-state index contributed by atoms with van der Waals surface area (Å²) in [6, 6.07) is 4.49. The molecule has 1 rings (SSSR count). The second-order valence-electron chi connectivity index (χ2n) is 5.68. The van der Waals surface area contributed by atoms with Crippen molar-refractivity contribution in [3.63, 3.8) is 0 Å². The Kier molecular flexibility index (Phi) is 7.60. The maximum Gasteiger partial charge on any atom is 0.129 e. The van der Waals surface area contributed by atoms with E-state index in [1.807, 2.05) is 0 Å². The first-order valence-electron chi connectivity index (χ1n) is 8.08. The fraction of sp³-hybridized carbons (Fsp3) is 0.706. The number of rotatable bonds is 9. The van der Waals surface area contributed by atoms with E-state index in [0.717, 1.165) is 44.8 Å². The Morgan fingerprint density at radius 3 is 2.25 bits per heavy atom. The molecular weight excluding hydrogens is 246 g/mol. The second kappa shape index (κ2) is 8.96. The normalized spacial score (nSPS) is 11.1. The number of hydrogen-bond acceptors (Lipinski definition) is 3. The SMILES string of the molecule is CCCN(CCC)c1cc(CNCC)cc(C(C)C)n1.